The average Bonchev–Trinajstić information content (AvgIpc) is 3.22. The summed E-state index contributed by atoms with van der Waals surface area (Å²) >= 11 is 0. The minimum absolute atomic E-state index is 0.0192. The largest absolute Gasteiger partial charge is 0.394 e. The molecule has 0 saturated carbocycles. The van der Waals surface area contributed by atoms with Crippen molar-refractivity contribution in [2.45, 2.75) is 315 Å². The third kappa shape index (κ3) is 44.6. The molecule has 5 nitrogen and oxygen atoms in total. The molecule has 0 saturated heterocycles. The normalized spacial score (nSPS) is 13.4. The van der Waals surface area contributed by atoms with Crippen LogP contribution in [0, 0.1) is 0 Å². The molecule has 0 aliphatic carbocycles. The number of nitrogens with one attached hydrogen (secondary N) is 1. The number of hydrogen-bond acceptors (Lipinski definition) is 4. The van der Waals surface area contributed by atoms with Gasteiger partial charge in [-0.05, 0) is 19.3 Å². The number of hydrogen-bond donors (Lipinski definition) is 4. The van der Waals surface area contributed by atoms with Crippen molar-refractivity contribution in [2.75, 3.05) is 6.61 Å². The van der Waals surface area contributed by atoms with E-state index in [0.717, 1.165) is 25.7 Å². The van der Waals surface area contributed by atoms with Crippen LogP contribution >= 0.6 is 0 Å². The molecule has 0 aromatic rings. The van der Waals surface area contributed by atoms with Gasteiger partial charge in [0.05, 0.1) is 31.3 Å². The lowest BCUT2D eigenvalue weighted by molar-refractivity contribution is -0.124. The van der Waals surface area contributed by atoms with Crippen molar-refractivity contribution in [1.29, 1.82) is 0 Å². The van der Waals surface area contributed by atoms with Crippen molar-refractivity contribution in [1.82, 2.24) is 5.32 Å². The summed E-state index contributed by atoms with van der Waals surface area (Å²) in [6.45, 7) is 4.24. The van der Waals surface area contributed by atoms with Crippen LogP contribution in [0.5, 0.6) is 0 Å². The van der Waals surface area contributed by atoms with Crippen LogP contribution < -0.4 is 5.32 Å². The van der Waals surface area contributed by atoms with E-state index in [2.05, 4.69) is 19.2 Å². The first-order valence-corrected chi connectivity index (χ1v) is 26.5. The van der Waals surface area contributed by atoms with Crippen molar-refractivity contribution in [3.63, 3.8) is 0 Å². The van der Waals surface area contributed by atoms with Crippen LogP contribution in [-0.4, -0.2) is 46.1 Å². The second-order valence-electron chi connectivity index (χ2n) is 18.5. The van der Waals surface area contributed by atoms with Gasteiger partial charge in [-0.15, -0.1) is 0 Å². The lowest BCUT2D eigenvalue weighted by Crippen LogP contribution is -2.45. The Kier molecular flexibility index (Phi) is 48.0. The summed E-state index contributed by atoms with van der Waals surface area (Å²) in [7, 11) is 0. The molecule has 0 heterocycles. The van der Waals surface area contributed by atoms with Crippen LogP contribution in [0.1, 0.15) is 296 Å². The van der Waals surface area contributed by atoms with Crippen molar-refractivity contribution in [2.24, 2.45) is 0 Å². The molecule has 4 N–H and O–H groups in total. The molecule has 58 heavy (non-hydrogen) atoms. The lowest BCUT2D eigenvalue weighted by Gasteiger charge is -2.21. The number of unbranched alkanes of at least 4 members (excludes halogenated alkanes) is 40. The summed E-state index contributed by atoms with van der Waals surface area (Å²) in [5, 5.41) is 33.4. The Morgan fingerprint density at radius 3 is 1.00 bits per heavy atom. The molecule has 346 valence electrons. The average molecular weight is 820 g/mol. The van der Waals surface area contributed by atoms with E-state index >= 15 is 0 Å². The minimum Gasteiger partial charge on any atom is -0.394 e. The van der Waals surface area contributed by atoms with Crippen LogP contribution in [0.4, 0.5) is 0 Å². The van der Waals surface area contributed by atoms with Crippen molar-refractivity contribution < 1.29 is 20.1 Å². The van der Waals surface area contributed by atoms with Gasteiger partial charge in [0, 0.05) is 0 Å². The molecule has 3 unspecified atom stereocenters. The maximum Gasteiger partial charge on any atom is 0.222 e. The van der Waals surface area contributed by atoms with Crippen LogP contribution in [0.25, 0.3) is 0 Å². The number of rotatable bonds is 49. The quantitative estimate of drug-likeness (QED) is 0.0364. The highest BCUT2D eigenvalue weighted by Crippen LogP contribution is 2.18. The molecule has 0 aromatic heterocycles. The minimum atomic E-state index is -0.925. The van der Waals surface area contributed by atoms with Crippen LogP contribution in [0.2, 0.25) is 0 Å². The Hall–Kier alpha value is -0.910. The fourth-order valence-corrected chi connectivity index (χ4v) is 8.52. The third-order valence-corrected chi connectivity index (χ3v) is 12.6. The number of carbonyl (C=O) groups is 1. The van der Waals surface area contributed by atoms with Gasteiger partial charge in [-0.1, -0.05) is 283 Å². The molecule has 1 amide bonds. The zero-order valence-corrected chi connectivity index (χ0v) is 39.5. The number of carbonyl (C=O) groups excluding carboxylic acids is 1. The monoisotopic (exact) mass is 820 g/mol. The summed E-state index contributed by atoms with van der Waals surface area (Å²) in [5.41, 5.74) is 0. The summed E-state index contributed by atoms with van der Waals surface area (Å²) in [6, 6.07) is -0.740. The summed E-state index contributed by atoms with van der Waals surface area (Å²) < 4.78 is 0. The number of allylic oxidation sites excluding steroid dienone is 1. The third-order valence-electron chi connectivity index (χ3n) is 12.6. The molecule has 0 radical (unpaired) electrons. The first kappa shape index (κ1) is 57.1. The van der Waals surface area contributed by atoms with Crippen molar-refractivity contribution in [3.8, 4) is 0 Å². The molecule has 0 fully saturated rings. The van der Waals surface area contributed by atoms with E-state index in [0.29, 0.717) is 6.42 Å². The van der Waals surface area contributed by atoms with Gasteiger partial charge < -0.3 is 20.6 Å². The smallest absolute Gasteiger partial charge is 0.222 e. The Bertz CT molecular complexity index is 818. The first-order chi connectivity index (χ1) is 28.5. The molecule has 3 atom stereocenters. The summed E-state index contributed by atoms with van der Waals surface area (Å²) in [5.74, 6) is -0.310. The molecule has 0 bridgehead atoms. The van der Waals surface area contributed by atoms with E-state index in [1.54, 1.807) is 6.08 Å². The first-order valence-electron chi connectivity index (χ1n) is 26.5. The molecule has 0 spiro atoms. The van der Waals surface area contributed by atoms with Gasteiger partial charge in [-0.25, -0.2) is 0 Å². The van der Waals surface area contributed by atoms with Gasteiger partial charge in [0.1, 0.15) is 0 Å². The molecular formula is C53H105NO4. The zero-order chi connectivity index (χ0) is 42.3. The van der Waals surface area contributed by atoms with E-state index < -0.39 is 18.2 Å². The molecular weight excluding hydrogens is 715 g/mol. The Morgan fingerprint density at radius 1 is 0.431 bits per heavy atom. The van der Waals surface area contributed by atoms with Crippen molar-refractivity contribution >= 4 is 5.91 Å². The van der Waals surface area contributed by atoms with Gasteiger partial charge in [0.25, 0.3) is 0 Å². The van der Waals surface area contributed by atoms with Gasteiger partial charge in [-0.3, -0.25) is 4.79 Å². The standard InChI is InChI=1S/C53H105NO4/c1-3-5-7-9-11-13-15-17-19-20-21-22-23-24-25-26-27-28-29-30-31-33-34-36-38-40-42-44-46-50(56)48-53(58)54-51(49-55)52(57)47-45-43-41-39-37-35-32-18-16-14-12-10-8-6-4-2/h45,47,50-52,55-57H,3-44,46,48-49H2,1-2H3,(H,54,58)/b47-45+. The highest BCUT2D eigenvalue weighted by Gasteiger charge is 2.20. The summed E-state index contributed by atoms with van der Waals surface area (Å²) in [4.78, 5) is 12.5. The van der Waals surface area contributed by atoms with Gasteiger partial charge in [-0.2, -0.15) is 0 Å². The fraction of sp³-hybridized carbons (Fsp3) is 0.943. The van der Waals surface area contributed by atoms with Crippen LogP contribution in [0.3, 0.4) is 0 Å². The van der Waals surface area contributed by atoms with Gasteiger partial charge >= 0.3 is 0 Å². The number of aliphatic hydroxyl groups excluding tert-OH is 3. The highest BCUT2D eigenvalue weighted by atomic mass is 16.3. The Labute approximate surface area is 363 Å². The molecule has 0 aromatic carbocycles. The van der Waals surface area contributed by atoms with Gasteiger partial charge in [0.15, 0.2) is 0 Å². The predicted molar refractivity (Wildman–Crippen MR) is 255 cm³/mol. The lowest BCUT2D eigenvalue weighted by atomic mass is 10.0. The van der Waals surface area contributed by atoms with E-state index in [1.807, 2.05) is 6.08 Å². The predicted octanol–water partition coefficient (Wildman–Crippen LogP) is 15.9. The van der Waals surface area contributed by atoms with E-state index in [9.17, 15) is 20.1 Å². The molecule has 0 aliphatic rings. The SMILES string of the molecule is CCCCCCCCCCCCCCC/C=C/C(O)C(CO)NC(=O)CC(O)CCCCCCCCCCCCCCCCCCCCCCCCCCCCCC. The molecule has 0 rings (SSSR count). The van der Waals surface area contributed by atoms with E-state index in [-0.39, 0.29) is 18.9 Å². The second-order valence-corrected chi connectivity index (χ2v) is 18.5. The van der Waals surface area contributed by atoms with E-state index in [1.165, 1.54) is 244 Å². The van der Waals surface area contributed by atoms with Gasteiger partial charge in [0.2, 0.25) is 5.91 Å². The zero-order valence-electron chi connectivity index (χ0n) is 39.5. The number of amides is 1. The molecule has 0 aliphatic heterocycles. The summed E-state index contributed by atoms with van der Waals surface area (Å²) in [6.07, 6.45) is 59.6. The van der Waals surface area contributed by atoms with Crippen LogP contribution in [0.15, 0.2) is 12.2 Å². The second kappa shape index (κ2) is 48.8. The maximum absolute atomic E-state index is 12.5. The fourth-order valence-electron chi connectivity index (χ4n) is 8.52. The molecule has 5 heteroatoms. The maximum atomic E-state index is 12.5. The number of aliphatic hydroxyl groups is 3. The Balaban J connectivity index is 3.51. The topological polar surface area (TPSA) is 89.8 Å². The highest BCUT2D eigenvalue weighted by molar-refractivity contribution is 5.76. The Morgan fingerprint density at radius 2 is 0.707 bits per heavy atom. The van der Waals surface area contributed by atoms with Crippen molar-refractivity contribution in [3.05, 3.63) is 12.2 Å². The van der Waals surface area contributed by atoms with Crippen LogP contribution in [-0.2, 0) is 4.79 Å². The van der Waals surface area contributed by atoms with E-state index in [4.69, 9.17) is 0 Å².